The number of nitrogens with zero attached hydrogens (tertiary/aromatic N) is 2. The molecule has 5 aliphatic rings. The minimum Gasteiger partial charge on any atom is -0.677 e. The Morgan fingerprint density at radius 3 is 1.79 bits per heavy atom. The van der Waals surface area contributed by atoms with Crippen molar-refractivity contribution in [3.05, 3.63) is 122 Å². The van der Waals surface area contributed by atoms with Gasteiger partial charge in [-0.1, -0.05) is 175 Å². The first-order valence-corrected chi connectivity index (χ1v) is 20.4. The second kappa shape index (κ2) is 21.3. The van der Waals surface area contributed by atoms with Gasteiger partial charge >= 0.3 is 25.8 Å². The zero-order chi connectivity index (χ0) is 32.9. The number of allylic oxidation sites excluding steroid dienone is 2. The molecule has 0 spiro atoms. The molecule has 0 bridgehead atoms. The summed E-state index contributed by atoms with van der Waals surface area (Å²) in [7, 11) is 0. The molecule has 0 saturated heterocycles. The van der Waals surface area contributed by atoms with Gasteiger partial charge < -0.3 is 27.6 Å². The Kier molecular flexibility index (Phi) is 18.2. The van der Waals surface area contributed by atoms with Crippen LogP contribution >= 0.6 is 0 Å². The monoisotopic (exact) mass is 869 g/mol. The van der Waals surface area contributed by atoms with Gasteiger partial charge in [0.2, 0.25) is 0 Å². The molecule has 4 atom stereocenters. The van der Waals surface area contributed by atoms with E-state index >= 15 is 0 Å². The summed E-state index contributed by atoms with van der Waals surface area (Å²) in [5, 5.41) is 6.12. The Morgan fingerprint density at radius 1 is 0.654 bits per heavy atom. The topological polar surface area (TPSA) is 17.1 Å². The van der Waals surface area contributed by atoms with Gasteiger partial charge in [0.05, 0.1) is 12.4 Å². The van der Waals surface area contributed by atoms with E-state index in [1.807, 2.05) is 0 Å². The quantitative estimate of drug-likeness (QED) is 0.109. The molecule has 1 aliphatic heterocycles. The van der Waals surface area contributed by atoms with Crippen molar-refractivity contribution in [1.29, 1.82) is 0 Å². The van der Waals surface area contributed by atoms with Gasteiger partial charge in [0.15, 0.2) is 0 Å². The van der Waals surface area contributed by atoms with Crippen molar-refractivity contribution in [2.45, 2.75) is 160 Å². The fourth-order valence-electron chi connectivity index (χ4n) is 10.7. The first-order valence-electron chi connectivity index (χ1n) is 20.4. The average molecular weight is 868 g/mol. The molecule has 52 heavy (non-hydrogen) atoms. The van der Waals surface area contributed by atoms with E-state index in [9.17, 15) is 0 Å². The summed E-state index contributed by atoms with van der Waals surface area (Å²) >= 11 is 0. The van der Waals surface area contributed by atoms with Crippen LogP contribution in [-0.4, -0.2) is 11.3 Å². The minimum atomic E-state index is -0.0803. The predicted molar refractivity (Wildman–Crippen MR) is 223 cm³/mol. The standard InChI is InChI=1S/C46H63N2.3CH3.Hf/c1-33(2)37-25-14-15-27-42(37)46(44-32-18-31-43(48(44)3)41-30-16-24-34-23-12-13-26-38(34)41)47-45-39(35-19-8-4-5-9-20-35)28-17-29-40(45)36-21-10-6-7-11-22-36;;;;/h14-15,17-18,25,27-29,31-36,38,41,46H,3-13,16,19-24,26,30H2,1-2H3;3*1H3;/q4*-1;+4. The number of para-hydroxylation sites is 1. The van der Waals surface area contributed by atoms with Crippen LogP contribution in [0.25, 0.3) is 5.32 Å². The van der Waals surface area contributed by atoms with Crippen molar-refractivity contribution in [2.24, 2.45) is 17.8 Å². The summed E-state index contributed by atoms with van der Waals surface area (Å²) in [6.45, 7) is 9.61. The van der Waals surface area contributed by atoms with Gasteiger partial charge in [0.25, 0.3) is 0 Å². The van der Waals surface area contributed by atoms with E-state index in [1.54, 1.807) is 0 Å². The maximum atomic E-state index is 6.12. The largest absolute Gasteiger partial charge is 4.00 e. The maximum Gasteiger partial charge on any atom is 4.00 e. The van der Waals surface area contributed by atoms with Crippen LogP contribution in [0.3, 0.4) is 0 Å². The van der Waals surface area contributed by atoms with Gasteiger partial charge in [-0.25, -0.2) is 0 Å². The van der Waals surface area contributed by atoms with Crippen LogP contribution in [-0.2, 0) is 25.8 Å². The molecule has 282 valence electrons. The van der Waals surface area contributed by atoms with E-state index in [1.165, 1.54) is 162 Å². The SMILES string of the molecule is C=[N+]1C(C([N-]c2c(C3CCCCCC3)cccc2C2CCCCCC2)c2ccccc2C(C)C)=CC=C[C-]1C1CCCC2CCCCC21.[CH3-].[CH3-].[CH3-].[Hf+4]. The van der Waals surface area contributed by atoms with E-state index in [0.717, 1.165) is 11.8 Å². The van der Waals surface area contributed by atoms with Crippen molar-refractivity contribution in [2.75, 3.05) is 0 Å². The van der Waals surface area contributed by atoms with Crippen molar-refractivity contribution in [3.8, 4) is 0 Å². The second-order valence-corrected chi connectivity index (χ2v) is 16.5. The third kappa shape index (κ3) is 9.86. The predicted octanol–water partition coefficient (Wildman–Crippen LogP) is 15.1. The average Bonchev–Trinajstić information content (AvgIpc) is 3.57. The van der Waals surface area contributed by atoms with Crippen LogP contribution in [0.5, 0.6) is 0 Å². The summed E-state index contributed by atoms with van der Waals surface area (Å²) in [4.78, 5) is 0. The van der Waals surface area contributed by atoms with Crippen LogP contribution in [0.4, 0.5) is 5.69 Å². The van der Waals surface area contributed by atoms with Gasteiger partial charge in [-0.05, 0) is 73.3 Å². The summed E-state index contributed by atoms with van der Waals surface area (Å²) in [5.74, 6) is 3.98. The Balaban J connectivity index is 0.00000182. The molecule has 2 aromatic rings. The first kappa shape index (κ1) is 44.5. The van der Waals surface area contributed by atoms with E-state index in [0.29, 0.717) is 23.7 Å². The van der Waals surface area contributed by atoms with Gasteiger partial charge in [-0.3, -0.25) is 4.58 Å². The number of fused-ring (bicyclic) bond motifs is 1. The fourth-order valence-corrected chi connectivity index (χ4v) is 10.7. The molecule has 4 fully saturated rings. The van der Waals surface area contributed by atoms with Crippen LogP contribution in [0.2, 0.25) is 0 Å². The van der Waals surface area contributed by atoms with Crippen molar-refractivity contribution in [3.63, 3.8) is 0 Å². The molecule has 0 N–H and O–H groups in total. The molecule has 3 heteroatoms. The summed E-state index contributed by atoms with van der Waals surface area (Å²) in [5.41, 5.74) is 8.47. The molecule has 2 aromatic carbocycles. The van der Waals surface area contributed by atoms with E-state index in [2.05, 4.69) is 79.1 Å². The van der Waals surface area contributed by atoms with E-state index in [4.69, 9.17) is 12.0 Å². The van der Waals surface area contributed by atoms with Gasteiger partial charge in [0.1, 0.15) is 6.04 Å². The zero-order valence-corrected chi connectivity index (χ0v) is 37.4. The molecule has 7 rings (SSSR count). The Labute approximate surface area is 340 Å². The van der Waals surface area contributed by atoms with Crippen LogP contribution < -0.4 is 0 Å². The molecule has 0 radical (unpaired) electrons. The number of benzene rings is 2. The zero-order valence-electron chi connectivity index (χ0n) is 33.9. The third-order valence-electron chi connectivity index (χ3n) is 13.3. The fraction of sp³-hybridized carbons (Fsp3) is 0.571. The van der Waals surface area contributed by atoms with Crippen LogP contribution in [0.1, 0.15) is 182 Å². The van der Waals surface area contributed by atoms with Crippen molar-refractivity contribution < 1.29 is 30.4 Å². The molecule has 4 unspecified atom stereocenters. The maximum absolute atomic E-state index is 6.12. The smallest absolute Gasteiger partial charge is 0.677 e. The summed E-state index contributed by atoms with van der Waals surface area (Å²) < 4.78 is 2.38. The molecular weight excluding hydrogens is 795 g/mol. The van der Waals surface area contributed by atoms with Gasteiger partial charge in [-0.15, -0.1) is 11.8 Å². The molecule has 4 saturated carbocycles. The Hall–Kier alpha value is -1.87. The molecule has 0 aromatic heterocycles. The van der Waals surface area contributed by atoms with Crippen LogP contribution in [0, 0.1) is 46.1 Å². The Morgan fingerprint density at radius 2 is 1.19 bits per heavy atom. The normalized spacial score (nSPS) is 24.8. The van der Waals surface area contributed by atoms with Crippen LogP contribution in [0.15, 0.2) is 66.4 Å². The molecule has 0 amide bonds. The van der Waals surface area contributed by atoms with Gasteiger partial charge in [0, 0.05) is 5.92 Å². The van der Waals surface area contributed by atoms with Gasteiger partial charge in [-0.2, -0.15) is 0 Å². The second-order valence-electron chi connectivity index (χ2n) is 16.5. The first-order chi connectivity index (χ1) is 23.6. The number of rotatable bonds is 8. The van der Waals surface area contributed by atoms with Crippen molar-refractivity contribution >= 4 is 12.4 Å². The molecule has 2 nitrogen and oxygen atoms in total. The van der Waals surface area contributed by atoms with E-state index < -0.39 is 0 Å². The molecular formula is C49H72HfN2. The Bertz CT molecular complexity index is 1400. The summed E-state index contributed by atoms with van der Waals surface area (Å²) in [6, 6.07) is 17.9. The molecule has 4 aliphatic carbocycles. The van der Waals surface area contributed by atoms with E-state index in [-0.39, 0.29) is 54.2 Å². The van der Waals surface area contributed by atoms with Crippen molar-refractivity contribution in [1.82, 2.24) is 0 Å². The third-order valence-corrected chi connectivity index (χ3v) is 13.3. The number of hydrogen-bond donors (Lipinski definition) is 0. The summed E-state index contributed by atoms with van der Waals surface area (Å²) in [6.07, 6.45) is 33.0. The minimum absolute atomic E-state index is 0. The number of hydrogen-bond acceptors (Lipinski definition) is 0. The molecule has 1 heterocycles.